The third-order valence-electron chi connectivity index (χ3n) is 5.10. The second-order valence-electron chi connectivity index (χ2n) is 8.03. The van der Waals surface area contributed by atoms with Gasteiger partial charge in [-0.3, -0.25) is 4.79 Å². The van der Waals surface area contributed by atoms with Crippen molar-refractivity contribution in [3.63, 3.8) is 0 Å². The maximum absolute atomic E-state index is 13.2. The minimum Gasteiger partial charge on any atom is -0.444 e. The second-order valence-corrected chi connectivity index (χ2v) is 8.03. The molecule has 1 atom stereocenters. The van der Waals surface area contributed by atoms with Gasteiger partial charge >= 0.3 is 6.09 Å². The van der Waals surface area contributed by atoms with Crippen LogP contribution in [0.2, 0.25) is 0 Å². The van der Waals surface area contributed by atoms with Gasteiger partial charge in [0.25, 0.3) is 0 Å². The van der Waals surface area contributed by atoms with E-state index in [2.05, 4.69) is 5.32 Å². The summed E-state index contributed by atoms with van der Waals surface area (Å²) in [6.07, 6.45) is 1.12. The lowest BCUT2D eigenvalue weighted by Gasteiger charge is -2.41. The Morgan fingerprint density at radius 2 is 1.84 bits per heavy atom. The van der Waals surface area contributed by atoms with Crippen molar-refractivity contribution in [1.29, 1.82) is 0 Å². The maximum atomic E-state index is 13.2. The lowest BCUT2D eigenvalue weighted by atomic mass is 9.68. The Hall–Kier alpha value is -2.11. The normalized spacial score (nSPS) is 22.8. The fourth-order valence-electron chi connectivity index (χ4n) is 3.83. The molecule has 136 valence electrons. The van der Waals surface area contributed by atoms with Gasteiger partial charge in [-0.05, 0) is 51.3 Å². The molecular formula is C19H25FN2O3. The Bertz CT molecular complexity index is 658. The molecule has 0 saturated carbocycles. The van der Waals surface area contributed by atoms with E-state index < -0.39 is 5.60 Å². The average molecular weight is 348 g/mol. The molecule has 2 fully saturated rings. The van der Waals surface area contributed by atoms with E-state index in [1.165, 1.54) is 12.1 Å². The van der Waals surface area contributed by atoms with Gasteiger partial charge < -0.3 is 15.0 Å². The first-order chi connectivity index (χ1) is 11.7. The number of carbonyl (C=O) groups is 2. The SMILES string of the molecule is CC(C)(C)OC(=O)N1CCC2(CC1)CNC(=O)[C@H]2c1ccc(F)cc1. The predicted octanol–water partition coefficient (Wildman–Crippen LogP) is 3.06. The number of ether oxygens (including phenoxy) is 1. The fourth-order valence-corrected chi connectivity index (χ4v) is 3.83. The summed E-state index contributed by atoms with van der Waals surface area (Å²) in [4.78, 5) is 26.4. The van der Waals surface area contributed by atoms with Crippen molar-refractivity contribution >= 4 is 12.0 Å². The monoisotopic (exact) mass is 348 g/mol. The molecule has 5 nitrogen and oxygen atoms in total. The number of nitrogens with one attached hydrogen (secondary N) is 1. The van der Waals surface area contributed by atoms with Crippen molar-refractivity contribution in [2.75, 3.05) is 19.6 Å². The number of rotatable bonds is 1. The first-order valence-corrected chi connectivity index (χ1v) is 8.71. The van der Waals surface area contributed by atoms with E-state index in [-0.39, 0.29) is 29.2 Å². The van der Waals surface area contributed by atoms with E-state index in [9.17, 15) is 14.0 Å². The molecule has 2 aliphatic heterocycles. The summed E-state index contributed by atoms with van der Waals surface area (Å²) in [5, 5.41) is 2.96. The fraction of sp³-hybridized carbons (Fsp3) is 0.579. The van der Waals surface area contributed by atoms with Gasteiger partial charge in [0, 0.05) is 25.0 Å². The highest BCUT2D eigenvalue weighted by Crippen LogP contribution is 2.47. The largest absolute Gasteiger partial charge is 0.444 e. The van der Waals surface area contributed by atoms with Crippen molar-refractivity contribution in [3.8, 4) is 0 Å². The second kappa shape index (κ2) is 6.32. The van der Waals surface area contributed by atoms with Gasteiger partial charge in [-0.25, -0.2) is 9.18 Å². The Balaban J connectivity index is 1.73. The zero-order chi connectivity index (χ0) is 18.2. The zero-order valence-electron chi connectivity index (χ0n) is 15.0. The van der Waals surface area contributed by atoms with E-state index in [0.29, 0.717) is 32.5 Å². The molecule has 2 saturated heterocycles. The number of amides is 2. The van der Waals surface area contributed by atoms with Crippen LogP contribution >= 0.6 is 0 Å². The van der Waals surface area contributed by atoms with Crippen LogP contribution in [0.1, 0.15) is 45.1 Å². The van der Waals surface area contributed by atoms with Gasteiger partial charge in [0.15, 0.2) is 0 Å². The zero-order valence-corrected chi connectivity index (χ0v) is 15.0. The smallest absolute Gasteiger partial charge is 0.410 e. The Labute approximate surface area is 147 Å². The van der Waals surface area contributed by atoms with Crippen molar-refractivity contribution in [3.05, 3.63) is 35.6 Å². The van der Waals surface area contributed by atoms with Crippen LogP contribution in [0.25, 0.3) is 0 Å². The highest BCUT2D eigenvalue weighted by molar-refractivity contribution is 5.87. The Morgan fingerprint density at radius 3 is 2.40 bits per heavy atom. The van der Waals surface area contributed by atoms with Gasteiger partial charge in [-0.15, -0.1) is 0 Å². The molecule has 3 rings (SSSR count). The summed E-state index contributed by atoms with van der Waals surface area (Å²) in [6.45, 7) is 7.25. The molecule has 1 aromatic carbocycles. The van der Waals surface area contributed by atoms with Gasteiger partial charge in [0.1, 0.15) is 11.4 Å². The molecule has 1 aromatic rings. The molecule has 0 bridgehead atoms. The summed E-state index contributed by atoms with van der Waals surface area (Å²) in [5.41, 5.74) is 0.0865. The minimum absolute atomic E-state index is 0.0164. The van der Waals surface area contributed by atoms with Crippen LogP contribution in [0.3, 0.4) is 0 Å². The van der Waals surface area contributed by atoms with E-state index in [1.54, 1.807) is 17.0 Å². The Morgan fingerprint density at radius 1 is 1.24 bits per heavy atom. The lowest BCUT2D eigenvalue weighted by molar-refractivity contribution is -0.121. The molecule has 2 aliphatic rings. The molecule has 2 amide bonds. The number of nitrogens with zero attached hydrogens (tertiary/aromatic N) is 1. The van der Waals surface area contributed by atoms with E-state index >= 15 is 0 Å². The molecule has 6 heteroatoms. The van der Waals surface area contributed by atoms with Gasteiger partial charge in [0.2, 0.25) is 5.91 Å². The summed E-state index contributed by atoms with van der Waals surface area (Å²) >= 11 is 0. The maximum Gasteiger partial charge on any atom is 0.410 e. The Kier molecular flexibility index (Phi) is 4.47. The standard InChI is InChI=1S/C19H25FN2O3/c1-18(2,3)25-17(24)22-10-8-19(9-11-22)12-21-16(23)15(19)13-4-6-14(20)7-5-13/h4-7,15H,8-12H2,1-3H3,(H,21,23)/t15-/m1/s1. The van der Waals surface area contributed by atoms with Crippen LogP contribution in [-0.2, 0) is 9.53 Å². The number of hydrogen-bond donors (Lipinski definition) is 1. The van der Waals surface area contributed by atoms with Crippen LogP contribution in [0.5, 0.6) is 0 Å². The van der Waals surface area contributed by atoms with Crippen LogP contribution in [-0.4, -0.2) is 42.1 Å². The number of piperidine rings is 1. The van der Waals surface area contributed by atoms with Crippen LogP contribution in [0, 0.1) is 11.2 Å². The number of likely N-dealkylation sites (tertiary alicyclic amines) is 1. The minimum atomic E-state index is -0.520. The van der Waals surface area contributed by atoms with E-state index in [0.717, 1.165) is 5.56 Å². The highest BCUT2D eigenvalue weighted by Gasteiger charge is 2.50. The van der Waals surface area contributed by atoms with Crippen molar-refractivity contribution in [2.24, 2.45) is 5.41 Å². The third-order valence-corrected chi connectivity index (χ3v) is 5.10. The molecule has 2 heterocycles. The first-order valence-electron chi connectivity index (χ1n) is 8.71. The number of carbonyl (C=O) groups excluding carboxylic acids is 2. The summed E-state index contributed by atoms with van der Waals surface area (Å²) in [6, 6.07) is 6.16. The van der Waals surface area contributed by atoms with Gasteiger partial charge in [0.05, 0.1) is 5.92 Å². The van der Waals surface area contributed by atoms with Gasteiger partial charge in [-0.2, -0.15) is 0 Å². The van der Waals surface area contributed by atoms with E-state index in [4.69, 9.17) is 4.74 Å². The summed E-state index contributed by atoms with van der Waals surface area (Å²) in [7, 11) is 0. The van der Waals surface area contributed by atoms with E-state index in [1.807, 2.05) is 20.8 Å². The average Bonchev–Trinajstić information content (AvgIpc) is 2.84. The summed E-state index contributed by atoms with van der Waals surface area (Å²) < 4.78 is 18.7. The molecule has 0 aliphatic carbocycles. The third kappa shape index (κ3) is 3.62. The highest BCUT2D eigenvalue weighted by atomic mass is 19.1. The van der Waals surface area contributed by atoms with Crippen molar-refractivity contribution in [1.82, 2.24) is 10.2 Å². The number of hydrogen-bond acceptors (Lipinski definition) is 3. The molecule has 0 aromatic heterocycles. The topological polar surface area (TPSA) is 58.6 Å². The molecule has 0 unspecified atom stereocenters. The molecule has 25 heavy (non-hydrogen) atoms. The summed E-state index contributed by atoms with van der Waals surface area (Å²) in [5.74, 6) is -0.623. The van der Waals surface area contributed by atoms with Crippen LogP contribution in [0.4, 0.5) is 9.18 Å². The van der Waals surface area contributed by atoms with Crippen molar-refractivity contribution in [2.45, 2.75) is 45.1 Å². The molecule has 1 N–H and O–H groups in total. The quantitative estimate of drug-likeness (QED) is 0.849. The van der Waals surface area contributed by atoms with Crippen LogP contribution in [0.15, 0.2) is 24.3 Å². The molecular weight excluding hydrogens is 323 g/mol. The van der Waals surface area contributed by atoms with Crippen LogP contribution < -0.4 is 5.32 Å². The molecule has 1 spiro atoms. The number of halogens is 1. The van der Waals surface area contributed by atoms with Gasteiger partial charge in [-0.1, -0.05) is 12.1 Å². The molecule has 0 radical (unpaired) electrons. The number of benzene rings is 1. The first kappa shape index (κ1) is 17.7. The van der Waals surface area contributed by atoms with Crippen molar-refractivity contribution < 1.29 is 18.7 Å². The lowest BCUT2D eigenvalue weighted by Crippen LogP contribution is -2.47. The predicted molar refractivity (Wildman–Crippen MR) is 91.6 cm³/mol.